The first-order valence-corrected chi connectivity index (χ1v) is 29.9. The van der Waals surface area contributed by atoms with Crippen LogP contribution in [-0.4, -0.2) is 0 Å². The maximum Gasteiger partial charge on any atom is -0.000715 e. The second-order valence-electron chi connectivity index (χ2n) is 39.3. The Balaban J connectivity index is 0.739. The van der Waals surface area contributed by atoms with Crippen LogP contribution < -0.4 is 0 Å². The fourth-order valence-corrected chi connectivity index (χ4v) is 68.2. The smallest absolute Gasteiger partial charge is 0.000715 e. The highest BCUT2D eigenvalue weighted by Gasteiger charge is 3.71. The van der Waals surface area contributed by atoms with Gasteiger partial charge in [0.15, 0.2) is 0 Å². The lowest BCUT2D eigenvalue weighted by molar-refractivity contribution is -1.24. The third-order valence-electron chi connectivity index (χ3n) is 53.1. The van der Waals surface area contributed by atoms with Gasteiger partial charge in [0.2, 0.25) is 0 Å². The topological polar surface area (TPSA) is 0 Å². The van der Waals surface area contributed by atoms with Crippen LogP contribution in [0, 0.1) is 316 Å². The lowest BCUT2D eigenvalue weighted by Crippen LogP contribution is -3.67. The van der Waals surface area contributed by atoms with Crippen LogP contribution in [0.5, 0.6) is 0 Å². The molecule has 0 N–H and O–H groups in total. The lowest BCUT2D eigenvalue weighted by Gasteiger charge is -3.68. The van der Waals surface area contributed by atoms with Gasteiger partial charge >= 0.3 is 0 Å². The van der Waals surface area contributed by atoms with E-state index in [4.69, 9.17) is 0 Å². The van der Waals surface area contributed by atoms with Gasteiger partial charge in [-0.15, -0.1) is 0 Å². The van der Waals surface area contributed by atoms with Crippen LogP contribution in [-0.2, 0) is 0 Å². The normalized spacial score (nSPS) is 144. The van der Waals surface area contributed by atoms with Gasteiger partial charge in [0.25, 0.3) is 0 Å². The van der Waals surface area contributed by atoms with Gasteiger partial charge < -0.3 is 0 Å². The van der Waals surface area contributed by atoms with Crippen molar-refractivity contribution in [2.75, 3.05) is 0 Å². The van der Waals surface area contributed by atoms with Gasteiger partial charge in [-0.1, -0.05) is 0 Å². The zero-order chi connectivity index (χ0) is 32.8. The number of hydrogen-bond acceptors (Lipinski definition) is 0. The van der Waals surface area contributed by atoms with Crippen molar-refractivity contribution in [1.82, 2.24) is 0 Å². The van der Waals surface area contributed by atoms with Crippen molar-refractivity contribution in [3.05, 3.63) is 0 Å². The fourth-order valence-electron chi connectivity index (χ4n) is 68.2. The lowest BCUT2D eigenvalue weighted by atomic mass is 8.34. The molecular formula is C60H34. The maximum atomic E-state index is 1.85. The van der Waals surface area contributed by atoms with Crippen LogP contribution in [0.3, 0.4) is 0 Å². The molecule has 0 aromatic heterocycles. The molecule has 44 aliphatic carbocycles. The highest BCUT2D eigenvalue weighted by Crippen LogP contribution is 3.72. The Morgan fingerprint density at radius 1 is 0.150 bits per heavy atom. The first-order valence-electron chi connectivity index (χ1n) is 29.9. The van der Waals surface area contributed by atoms with Gasteiger partial charge in [0.05, 0.1) is 0 Å². The first-order chi connectivity index (χ1) is 29.9. The first kappa shape index (κ1) is 19.7. The summed E-state index contributed by atoms with van der Waals surface area (Å²) in [5.41, 5.74) is 34.1. The highest BCUT2D eigenvalue weighted by atomic mass is 15.7. The molecule has 44 saturated carbocycles. The van der Waals surface area contributed by atoms with E-state index in [0.29, 0.717) is 0 Å². The van der Waals surface area contributed by atoms with Crippen LogP contribution >= 0.6 is 0 Å². The molecule has 44 rings (SSSR count). The second-order valence-corrected chi connectivity index (χ2v) is 39.3. The van der Waals surface area contributed by atoms with E-state index >= 15 is 0 Å². The molecule has 44 fully saturated rings. The summed E-state index contributed by atoms with van der Waals surface area (Å²) in [5, 5.41) is 0. The minimum Gasteiger partial charge on any atom is -0.0458 e. The zero-order valence-corrected chi connectivity index (χ0v) is 32.8. The van der Waals surface area contributed by atoms with Crippen molar-refractivity contribution in [1.29, 1.82) is 0 Å². The monoisotopic (exact) mass is 754 g/mol. The van der Waals surface area contributed by atoms with E-state index < -0.39 is 0 Å². The van der Waals surface area contributed by atoms with E-state index in [1.807, 2.05) is 25.7 Å². The van der Waals surface area contributed by atoms with Gasteiger partial charge in [-0.05, 0) is 342 Å². The molecule has 0 aromatic carbocycles. The largest absolute Gasteiger partial charge is 0.0458 e. The molecule has 0 saturated heterocycles. The van der Waals surface area contributed by atoms with E-state index in [1.165, 1.54) is 154 Å². The predicted molar refractivity (Wildman–Crippen MR) is 182 cm³/mol. The van der Waals surface area contributed by atoms with E-state index in [2.05, 4.69) is 0 Å². The molecule has 60 heavy (non-hydrogen) atoms. The summed E-state index contributed by atoms with van der Waals surface area (Å²) < 4.78 is 0. The Morgan fingerprint density at radius 3 is 0.583 bits per heavy atom. The molecule has 44 aliphatic rings. The minimum atomic E-state index is 1.11. The molecule has 0 heterocycles. The van der Waals surface area contributed by atoms with Crippen LogP contribution in [0.1, 0.15) is 25.7 Å². The third-order valence-corrected chi connectivity index (χ3v) is 53.1. The molecule has 0 nitrogen and oxygen atoms in total. The third kappa shape index (κ3) is 0.404. The van der Waals surface area contributed by atoms with Gasteiger partial charge in [-0.2, -0.15) is 0 Å². The summed E-state index contributed by atoms with van der Waals surface area (Å²) in [4.78, 5) is 0. The maximum absolute atomic E-state index is 1.85. The van der Waals surface area contributed by atoms with Crippen molar-refractivity contribution in [2.24, 2.45) is 316 Å². The molecule has 0 bridgehead atoms. The van der Waals surface area contributed by atoms with Crippen LogP contribution in [0.4, 0.5) is 0 Å². The van der Waals surface area contributed by atoms with Crippen LogP contribution in [0.15, 0.2) is 0 Å². The molecule has 44 atom stereocenters. The summed E-state index contributed by atoms with van der Waals surface area (Å²) in [7, 11) is 0. The second kappa shape index (κ2) is 2.89. The minimum absolute atomic E-state index is 1.11. The Morgan fingerprint density at radius 2 is 0.333 bits per heavy atom. The summed E-state index contributed by atoms with van der Waals surface area (Å²) in [6, 6.07) is 0. The van der Waals surface area contributed by atoms with Crippen LogP contribution in [0.2, 0.25) is 0 Å². The molecular weight excluding hydrogens is 721 g/mol. The fraction of sp³-hybridized carbons (Fsp3) is 1.00. The molecule has 44 unspecified atom stereocenters. The van der Waals surface area contributed by atoms with E-state index in [-0.39, 0.29) is 0 Å². The van der Waals surface area contributed by atoms with Crippen molar-refractivity contribution in [3.8, 4) is 0 Å². The van der Waals surface area contributed by atoms with Gasteiger partial charge in [0.1, 0.15) is 0 Å². The number of fused-ring (bicyclic) bond motifs is 22. The summed E-state index contributed by atoms with van der Waals surface area (Å²) in [6.45, 7) is 0. The molecule has 274 valence electrons. The number of hydrogen-bond donors (Lipinski definition) is 0. The molecule has 30 spiro atoms. The van der Waals surface area contributed by atoms with E-state index in [9.17, 15) is 0 Å². The standard InChI is InChI=1S/C60H34/c1-5-13-6-2-10-16-20-25-29-30-26-22-18-12-4-8-14-7-3-11-17-21-24-28-27-23-19-15-9(1)31(5)35(13)32(6,10)38(16)42(20)46(25)51(29)52(30)48(26)44(22)40(18)34(8,12)36(14)33(7,11)39(17)43(21)47(24)50(28)49(27)45(23)41(19)37(15,31)53(35,38)55(41,42)57(45,46)59(49,51)60(50,52)58(47,48)56(43,44)54(36,39)40/h5-30H,1-4H2. The van der Waals surface area contributed by atoms with Crippen molar-refractivity contribution >= 4 is 0 Å². The van der Waals surface area contributed by atoms with Gasteiger partial charge in [-0.3, -0.25) is 0 Å². The number of rotatable bonds is 0. The van der Waals surface area contributed by atoms with Crippen LogP contribution in [0.25, 0.3) is 0 Å². The predicted octanol–water partition coefficient (Wildman–Crippen LogP) is 4.76. The Kier molecular flexibility index (Phi) is 0.949. The molecule has 0 radical (unpaired) electrons. The summed E-state index contributed by atoms with van der Waals surface area (Å²) in [6.07, 6.45) is 7.42. The Bertz CT molecular complexity index is 3710. The van der Waals surface area contributed by atoms with Crippen molar-refractivity contribution in [3.63, 3.8) is 0 Å². The van der Waals surface area contributed by atoms with E-state index in [1.54, 1.807) is 0 Å². The summed E-state index contributed by atoms with van der Waals surface area (Å²) in [5.74, 6) is 36.7. The molecule has 0 amide bonds. The van der Waals surface area contributed by atoms with Crippen molar-refractivity contribution in [2.45, 2.75) is 25.7 Å². The molecule has 0 aliphatic heterocycles. The average Bonchev–Trinajstić information content (AvgIpc) is 3.10. The van der Waals surface area contributed by atoms with Gasteiger partial charge in [0, 0.05) is 0 Å². The average molecular weight is 755 g/mol. The van der Waals surface area contributed by atoms with Crippen molar-refractivity contribution < 1.29 is 0 Å². The summed E-state index contributed by atoms with van der Waals surface area (Å²) >= 11 is 0. The molecule has 0 heteroatoms. The zero-order valence-electron chi connectivity index (χ0n) is 32.8. The van der Waals surface area contributed by atoms with E-state index in [0.717, 1.165) is 162 Å². The Hall–Kier alpha value is 0. The highest BCUT2D eigenvalue weighted by molar-refractivity contribution is 6.15. The SMILES string of the molecule is C1C2C3C4CC5C6C7C8C9C%10C%11C%12C%13C%14CC%15C%16C%17CC%18C%19C%20C%21C%22C%23C%24C%25C%26C1C21C32C45C63C74C85C96C%107C%118C%129C%13%10C%15%14C%16%11C%17%18C%19%12C%20%13C%21%14C%22%15C%23%16C%24%17C%25%18C%261C23C%184C%175C%166C%157C%148C%139C%11%12%10. The quantitative estimate of drug-likeness (QED) is 0.335. The van der Waals surface area contributed by atoms with Gasteiger partial charge in [-0.25, -0.2) is 0 Å². The molecule has 0 aromatic rings. The Labute approximate surface area is 340 Å².